The number of benzene rings is 2. The number of hydrogen-bond donors (Lipinski definition) is 0. The molecule has 0 spiro atoms. The van der Waals surface area contributed by atoms with E-state index in [-0.39, 0.29) is 11.8 Å². The molecule has 1 unspecified atom stereocenters. The number of rotatable bonds is 6. The molecular weight excluding hydrogens is 366 g/mol. The molecule has 150 valence electrons. The third-order valence-corrected chi connectivity index (χ3v) is 5.27. The van der Waals surface area contributed by atoms with Gasteiger partial charge in [0.15, 0.2) is 0 Å². The quantitative estimate of drug-likeness (QED) is 0.628. The maximum atomic E-state index is 12.6. The maximum Gasteiger partial charge on any atom is 0.232 e. The van der Waals surface area contributed by atoms with Gasteiger partial charge in [0.05, 0.1) is 12.5 Å². The molecule has 0 saturated carbocycles. The zero-order chi connectivity index (χ0) is 20.4. The first-order chi connectivity index (χ1) is 14.0. The Labute approximate surface area is 170 Å². The van der Waals surface area contributed by atoms with Gasteiger partial charge in [-0.3, -0.25) is 4.79 Å². The Morgan fingerprint density at radius 2 is 2.03 bits per heavy atom. The summed E-state index contributed by atoms with van der Waals surface area (Å²) >= 11 is 0. The second-order valence-corrected chi connectivity index (χ2v) is 7.49. The second-order valence-electron chi connectivity index (χ2n) is 7.49. The number of ether oxygens (including phenoxy) is 1. The Kier molecular flexibility index (Phi) is 5.34. The van der Waals surface area contributed by atoms with E-state index in [9.17, 15) is 4.79 Å². The zero-order valence-electron chi connectivity index (χ0n) is 17.0. The van der Waals surface area contributed by atoms with E-state index in [0.717, 1.165) is 28.0 Å². The van der Waals surface area contributed by atoms with Crippen molar-refractivity contribution in [3.8, 4) is 17.1 Å². The summed E-state index contributed by atoms with van der Waals surface area (Å²) in [5.41, 5.74) is 4.21. The Hall–Kier alpha value is -3.15. The topological polar surface area (TPSA) is 68.5 Å². The van der Waals surface area contributed by atoms with Crippen LogP contribution in [0.5, 0.6) is 5.75 Å². The Bertz CT molecular complexity index is 1030. The van der Waals surface area contributed by atoms with Gasteiger partial charge in [-0.15, -0.1) is 0 Å². The third-order valence-electron chi connectivity index (χ3n) is 5.27. The minimum Gasteiger partial charge on any atom is -0.494 e. The van der Waals surface area contributed by atoms with Crippen molar-refractivity contribution in [2.75, 3.05) is 13.2 Å². The lowest BCUT2D eigenvalue weighted by Crippen LogP contribution is -2.24. The van der Waals surface area contributed by atoms with Crippen LogP contribution in [0.2, 0.25) is 0 Å². The van der Waals surface area contributed by atoms with Crippen LogP contribution in [0.25, 0.3) is 11.4 Å². The van der Waals surface area contributed by atoms with E-state index in [4.69, 9.17) is 9.26 Å². The number of amides is 1. The van der Waals surface area contributed by atoms with Gasteiger partial charge < -0.3 is 14.2 Å². The number of hydrogen-bond acceptors (Lipinski definition) is 5. The average molecular weight is 391 g/mol. The second kappa shape index (κ2) is 8.07. The summed E-state index contributed by atoms with van der Waals surface area (Å²) in [5, 5.41) is 4.17. The van der Waals surface area contributed by atoms with Crippen molar-refractivity contribution in [2.24, 2.45) is 0 Å². The number of carbonyl (C=O) groups excluding carboxylic acids is 1. The van der Waals surface area contributed by atoms with Crippen LogP contribution in [0.4, 0.5) is 0 Å². The van der Waals surface area contributed by atoms with Crippen LogP contribution in [-0.2, 0) is 11.3 Å². The van der Waals surface area contributed by atoms with Crippen molar-refractivity contribution >= 4 is 5.91 Å². The van der Waals surface area contributed by atoms with E-state index >= 15 is 0 Å². The predicted molar refractivity (Wildman–Crippen MR) is 110 cm³/mol. The summed E-state index contributed by atoms with van der Waals surface area (Å²) in [6, 6.07) is 14.0. The molecule has 1 saturated heterocycles. The van der Waals surface area contributed by atoms with Crippen molar-refractivity contribution < 1.29 is 14.1 Å². The molecule has 0 N–H and O–H groups in total. The number of aromatic nitrogens is 2. The fourth-order valence-corrected chi connectivity index (χ4v) is 3.71. The summed E-state index contributed by atoms with van der Waals surface area (Å²) in [4.78, 5) is 19.0. The number of nitrogens with zero attached hydrogens (tertiary/aromatic N) is 3. The fourth-order valence-electron chi connectivity index (χ4n) is 3.71. The van der Waals surface area contributed by atoms with Crippen LogP contribution < -0.4 is 4.74 Å². The number of para-hydroxylation sites is 1. The summed E-state index contributed by atoms with van der Waals surface area (Å²) in [5.74, 6) is 1.92. The van der Waals surface area contributed by atoms with Gasteiger partial charge in [0.1, 0.15) is 5.75 Å². The van der Waals surface area contributed by atoms with Crippen molar-refractivity contribution in [1.29, 1.82) is 0 Å². The molecule has 1 fully saturated rings. The van der Waals surface area contributed by atoms with E-state index in [1.807, 2.05) is 49.9 Å². The molecule has 1 amide bonds. The number of aryl methyl sites for hydroxylation is 2. The van der Waals surface area contributed by atoms with Gasteiger partial charge in [-0.25, -0.2) is 0 Å². The predicted octanol–water partition coefficient (Wildman–Crippen LogP) is 4.27. The first kappa shape index (κ1) is 19.2. The Morgan fingerprint density at radius 1 is 1.21 bits per heavy atom. The van der Waals surface area contributed by atoms with Crippen LogP contribution in [-0.4, -0.2) is 34.1 Å². The summed E-state index contributed by atoms with van der Waals surface area (Å²) in [6.07, 6.45) is 0.380. The van der Waals surface area contributed by atoms with Crippen molar-refractivity contribution in [3.63, 3.8) is 0 Å². The summed E-state index contributed by atoms with van der Waals surface area (Å²) in [6.45, 7) is 7.70. The fraction of sp³-hybridized carbons (Fsp3) is 0.348. The van der Waals surface area contributed by atoms with Gasteiger partial charge in [0.25, 0.3) is 0 Å². The van der Waals surface area contributed by atoms with E-state index in [1.165, 1.54) is 0 Å². The molecule has 6 heteroatoms. The standard InChI is InChI=1S/C23H25N3O3/c1-4-28-20-8-6-5-7-17(20)13-26-14-18(12-21(26)27)23-24-22(25-29-23)19-11-15(2)9-10-16(19)3/h5-11,18H,4,12-14H2,1-3H3. The molecule has 2 heterocycles. The van der Waals surface area contributed by atoms with Crippen molar-refractivity contribution in [1.82, 2.24) is 15.0 Å². The highest BCUT2D eigenvalue weighted by molar-refractivity contribution is 5.79. The Morgan fingerprint density at radius 3 is 2.86 bits per heavy atom. The zero-order valence-corrected chi connectivity index (χ0v) is 17.0. The third kappa shape index (κ3) is 4.01. The van der Waals surface area contributed by atoms with Crippen molar-refractivity contribution in [2.45, 2.75) is 39.7 Å². The molecule has 0 bridgehead atoms. The smallest absolute Gasteiger partial charge is 0.232 e. The van der Waals surface area contributed by atoms with Crippen LogP contribution >= 0.6 is 0 Å². The average Bonchev–Trinajstić information content (AvgIpc) is 3.33. The maximum absolute atomic E-state index is 12.6. The summed E-state index contributed by atoms with van der Waals surface area (Å²) in [7, 11) is 0. The molecular formula is C23H25N3O3. The summed E-state index contributed by atoms with van der Waals surface area (Å²) < 4.78 is 11.2. The Balaban J connectivity index is 1.50. The molecule has 3 aromatic rings. The SMILES string of the molecule is CCOc1ccccc1CN1CC(c2nc(-c3cc(C)ccc3C)no2)CC1=O. The van der Waals surface area contributed by atoms with Gasteiger partial charge in [-0.05, 0) is 38.5 Å². The molecule has 0 radical (unpaired) electrons. The normalized spacial score (nSPS) is 16.4. The molecule has 1 aliphatic rings. The molecule has 0 aliphatic carbocycles. The van der Waals surface area contributed by atoms with Crippen LogP contribution in [0.3, 0.4) is 0 Å². The molecule has 29 heavy (non-hydrogen) atoms. The largest absolute Gasteiger partial charge is 0.494 e. The molecule has 1 aromatic heterocycles. The van der Waals surface area contributed by atoms with Gasteiger partial charge in [-0.2, -0.15) is 4.98 Å². The minimum absolute atomic E-state index is 0.0897. The van der Waals surface area contributed by atoms with E-state index < -0.39 is 0 Å². The van der Waals surface area contributed by atoms with Gasteiger partial charge in [0, 0.05) is 30.6 Å². The van der Waals surface area contributed by atoms with E-state index in [0.29, 0.717) is 37.8 Å². The van der Waals surface area contributed by atoms with E-state index in [2.05, 4.69) is 28.3 Å². The number of carbonyl (C=O) groups is 1. The number of likely N-dealkylation sites (tertiary alicyclic amines) is 1. The lowest BCUT2D eigenvalue weighted by molar-refractivity contribution is -0.128. The van der Waals surface area contributed by atoms with E-state index in [1.54, 1.807) is 0 Å². The highest BCUT2D eigenvalue weighted by Crippen LogP contribution is 2.31. The van der Waals surface area contributed by atoms with Crippen LogP contribution in [0.15, 0.2) is 47.0 Å². The minimum atomic E-state index is -0.0897. The van der Waals surface area contributed by atoms with Gasteiger partial charge in [0.2, 0.25) is 17.6 Å². The highest BCUT2D eigenvalue weighted by atomic mass is 16.5. The highest BCUT2D eigenvalue weighted by Gasteiger charge is 2.34. The molecule has 2 aromatic carbocycles. The first-order valence-electron chi connectivity index (χ1n) is 9.95. The molecule has 1 atom stereocenters. The molecule has 4 rings (SSSR count). The molecule has 1 aliphatic heterocycles. The van der Waals surface area contributed by atoms with Crippen molar-refractivity contribution in [3.05, 3.63) is 65.0 Å². The lowest BCUT2D eigenvalue weighted by atomic mass is 10.1. The van der Waals surface area contributed by atoms with Gasteiger partial charge >= 0.3 is 0 Å². The van der Waals surface area contributed by atoms with Crippen LogP contribution in [0, 0.1) is 13.8 Å². The first-order valence-corrected chi connectivity index (χ1v) is 9.95. The van der Waals surface area contributed by atoms with Gasteiger partial charge in [-0.1, -0.05) is 41.1 Å². The monoisotopic (exact) mass is 391 g/mol. The molecule has 6 nitrogen and oxygen atoms in total. The lowest BCUT2D eigenvalue weighted by Gasteiger charge is -2.18. The van der Waals surface area contributed by atoms with Crippen LogP contribution in [0.1, 0.15) is 41.8 Å².